The highest BCUT2D eigenvalue weighted by atomic mass is 16.7. The standard InChI is InChI=1S/C30H63N9O10/c1-16(39-10-3-6-37-8-7-36-4-2-5-38-9-11-39)15-44-24-25(47-29-17(32)12-18(41)19(13-31)45-29)27(34)49-28(35)26(24)48-30-23(43)21(33)22(42)20(14-40)46-30/h16-30,36-38,40-43H,2-15,31-35H2,1H3/t16?,17-,18-,19?,20?,21?,22?,23?,24?,25?,26?,27?,28?,29?,30?/m0/s1. The van der Waals surface area contributed by atoms with E-state index in [1.165, 1.54) is 0 Å². The average molecular weight is 710 g/mol. The quantitative estimate of drug-likeness (QED) is 0.100. The lowest BCUT2D eigenvalue weighted by Gasteiger charge is -2.49. The molecule has 0 bridgehead atoms. The summed E-state index contributed by atoms with van der Waals surface area (Å²) in [6, 6.07) is -1.96. The van der Waals surface area contributed by atoms with E-state index in [9.17, 15) is 20.4 Å². The summed E-state index contributed by atoms with van der Waals surface area (Å²) < 4.78 is 36.6. The first-order chi connectivity index (χ1) is 23.5. The minimum absolute atomic E-state index is 0.0428. The molecule has 0 saturated carbocycles. The average Bonchev–Trinajstić information content (AvgIpc) is 3.08. The Balaban J connectivity index is 1.53. The predicted molar refractivity (Wildman–Crippen MR) is 177 cm³/mol. The van der Waals surface area contributed by atoms with E-state index in [4.69, 9.17) is 57.1 Å². The zero-order valence-corrected chi connectivity index (χ0v) is 28.6. The topological polar surface area (TPSA) is 306 Å². The van der Waals surface area contributed by atoms with Crippen LogP contribution < -0.4 is 44.6 Å². The third-order valence-electron chi connectivity index (χ3n) is 9.68. The highest BCUT2D eigenvalue weighted by molar-refractivity contribution is 4.97. The molecule has 4 fully saturated rings. The molecule has 0 aromatic rings. The normalized spacial score (nSPS) is 43.5. The summed E-state index contributed by atoms with van der Waals surface area (Å²) in [5, 5.41) is 51.8. The highest BCUT2D eigenvalue weighted by Crippen LogP contribution is 2.31. The summed E-state index contributed by atoms with van der Waals surface area (Å²) in [5.41, 5.74) is 31.1. The highest BCUT2D eigenvalue weighted by Gasteiger charge is 2.52. The molecule has 0 radical (unpaired) electrons. The molecular weight excluding hydrogens is 646 g/mol. The Kier molecular flexibility index (Phi) is 17.1. The summed E-state index contributed by atoms with van der Waals surface area (Å²) >= 11 is 0. The van der Waals surface area contributed by atoms with Crippen LogP contribution in [0.3, 0.4) is 0 Å². The molecule has 15 atom stereocenters. The summed E-state index contributed by atoms with van der Waals surface area (Å²) in [6.07, 6.45) is -11.2. The van der Waals surface area contributed by atoms with Gasteiger partial charge in [-0.2, -0.15) is 0 Å². The van der Waals surface area contributed by atoms with Gasteiger partial charge in [-0.25, -0.2) is 0 Å². The van der Waals surface area contributed by atoms with Crippen LogP contribution in [0.2, 0.25) is 0 Å². The van der Waals surface area contributed by atoms with Gasteiger partial charge in [-0.3, -0.25) is 4.90 Å². The number of nitrogens with zero attached hydrogens (tertiary/aromatic N) is 1. The van der Waals surface area contributed by atoms with Gasteiger partial charge in [0.1, 0.15) is 49.1 Å². The van der Waals surface area contributed by atoms with Crippen LogP contribution in [0.1, 0.15) is 26.2 Å². The Labute approximate surface area is 288 Å². The van der Waals surface area contributed by atoms with Crippen molar-refractivity contribution in [3.05, 3.63) is 0 Å². The molecule has 4 heterocycles. The van der Waals surface area contributed by atoms with E-state index in [2.05, 4.69) is 27.8 Å². The first-order valence-electron chi connectivity index (χ1n) is 17.7. The Morgan fingerprint density at radius 1 is 0.755 bits per heavy atom. The molecule has 4 aliphatic rings. The molecule has 4 saturated heterocycles. The van der Waals surface area contributed by atoms with Crippen molar-refractivity contribution in [1.82, 2.24) is 20.9 Å². The number of hydrogen-bond donors (Lipinski definition) is 12. The minimum Gasteiger partial charge on any atom is -0.394 e. The van der Waals surface area contributed by atoms with Crippen molar-refractivity contribution >= 4 is 0 Å². The molecule has 19 nitrogen and oxygen atoms in total. The van der Waals surface area contributed by atoms with Gasteiger partial charge in [0.15, 0.2) is 12.6 Å². The fraction of sp³-hybridized carbons (Fsp3) is 1.00. The molecule has 288 valence electrons. The van der Waals surface area contributed by atoms with Crippen LogP contribution in [0.5, 0.6) is 0 Å². The number of nitrogens with two attached hydrogens (primary N) is 5. The van der Waals surface area contributed by atoms with Crippen LogP contribution in [-0.2, 0) is 28.4 Å². The maximum Gasteiger partial charge on any atom is 0.186 e. The van der Waals surface area contributed by atoms with Crippen LogP contribution in [0.4, 0.5) is 0 Å². The predicted octanol–water partition coefficient (Wildman–Crippen LogP) is -6.48. The molecule has 19 heteroatoms. The van der Waals surface area contributed by atoms with Gasteiger partial charge in [-0.1, -0.05) is 0 Å². The van der Waals surface area contributed by atoms with Crippen molar-refractivity contribution in [2.24, 2.45) is 28.7 Å². The first-order valence-corrected chi connectivity index (χ1v) is 17.7. The van der Waals surface area contributed by atoms with E-state index in [0.717, 1.165) is 65.2 Å². The molecule has 0 aromatic heterocycles. The number of aliphatic hydroxyl groups is 4. The zero-order chi connectivity index (χ0) is 35.5. The Morgan fingerprint density at radius 3 is 2.02 bits per heavy atom. The summed E-state index contributed by atoms with van der Waals surface area (Å²) in [7, 11) is 0. The Morgan fingerprint density at radius 2 is 1.37 bits per heavy atom. The maximum absolute atomic E-state index is 10.9. The zero-order valence-electron chi connectivity index (χ0n) is 28.6. The molecule has 0 spiro atoms. The van der Waals surface area contributed by atoms with E-state index in [1.807, 2.05) is 0 Å². The molecule has 4 rings (SSSR count). The largest absolute Gasteiger partial charge is 0.394 e. The van der Waals surface area contributed by atoms with Crippen LogP contribution in [0.25, 0.3) is 0 Å². The van der Waals surface area contributed by atoms with Gasteiger partial charge in [0.2, 0.25) is 0 Å². The second-order valence-electron chi connectivity index (χ2n) is 13.4. The Bertz CT molecular complexity index is 923. The maximum atomic E-state index is 10.9. The van der Waals surface area contributed by atoms with Gasteiger partial charge < -0.3 is 93.5 Å². The summed E-state index contributed by atoms with van der Waals surface area (Å²) in [4.78, 5) is 2.34. The number of aliphatic hydroxyl groups excluding tert-OH is 4. The molecular formula is C30H63N9O10. The molecule has 0 amide bonds. The van der Waals surface area contributed by atoms with Gasteiger partial charge >= 0.3 is 0 Å². The van der Waals surface area contributed by atoms with Crippen molar-refractivity contribution in [2.45, 2.75) is 118 Å². The van der Waals surface area contributed by atoms with E-state index < -0.39 is 92.6 Å². The number of hydrogen-bond acceptors (Lipinski definition) is 19. The third-order valence-corrected chi connectivity index (χ3v) is 9.68. The second-order valence-corrected chi connectivity index (χ2v) is 13.4. The Hall–Kier alpha value is -0.760. The van der Waals surface area contributed by atoms with E-state index >= 15 is 0 Å². The number of rotatable bonds is 10. The third kappa shape index (κ3) is 11.4. The van der Waals surface area contributed by atoms with Gasteiger partial charge in [-0.15, -0.1) is 0 Å². The molecule has 0 aliphatic carbocycles. The van der Waals surface area contributed by atoms with Crippen LogP contribution in [0.15, 0.2) is 0 Å². The molecule has 13 unspecified atom stereocenters. The van der Waals surface area contributed by atoms with E-state index in [0.29, 0.717) is 0 Å². The van der Waals surface area contributed by atoms with Crippen LogP contribution >= 0.6 is 0 Å². The number of ether oxygens (including phenoxy) is 6. The van der Waals surface area contributed by atoms with Gasteiger partial charge in [-0.05, 0) is 52.4 Å². The van der Waals surface area contributed by atoms with Crippen molar-refractivity contribution in [3.63, 3.8) is 0 Å². The minimum atomic E-state index is -1.48. The number of nitrogens with one attached hydrogen (secondary N) is 3. The first kappa shape index (κ1) is 41.0. The van der Waals surface area contributed by atoms with Gasteiger partial charge in [0, 0.05) is 38.8 Å². The fourth-order valence-electron chi connectivity index (χ4n) is 6.61. The molecule has 17 N–H and O–H groups in total. The van der Waals surface area contributed by atoms with Gasteiger partial charge in [0.25, 0.3) is 0 Å². The SMILES string of the molecule is CC(COC1C(OC2OC(CO)C(O)C(N)C2O)C(N)OC(N)C1OC1OC(CN)[C@@H](O)C[C@@H]1N)N1CCCNCCNCCCNCC1. The molecule has 49 heavy (non-hydrogen) atoms. The van der Waals surface area contributed by atoms with Crippen molar-refractivity contribution < 1.29 is 48.8 Å². The van der Waals surface area contributed by atoms with Gasteiger partial charge in [0.05, 0.1) is 37.5 Å². The lowest BCUT2D eigenvalue weighted by Crippen LogP contribution is -2.69. The van der Waals surface area contributed by atoms with Crippen molar-refractivity contribution in [1.29, 1.82) is 0 Å². The van der Waals surface area contributed by atoms with Crippen molar-refractivity contribution in [2.75, 3.05) is 72.1 Å². The summed E-state index contributed by atoms with van der Waals surface area (Å²) in [6.45, 7) is 8.78. The summed E-state index contributed by atoms with van der Waals surface area (Å²) in [5.74, 6) is 0. The molecule has 4 aliphatic heterocycles. The lowest BCUT2D eigenvalue weighted by molar-refractivity contribution is -0.347. The van der Waals surface area contributed by atoms with E-state index in [-0.39, 0.29) is 25.6 Å². The van der Waals surface area contributed by atoms with Crippen LogP contribution in [-0.4, -0.2) is 189 Å². The second kappa shape index (κ2) is 20.5. The lowest BCUT2D eigenvalue weighted by atomic mass is 9.96. The van der Waals surface area contributed by atoms with E-state index in [1.54, 1.807) is 0 Å². The molecule has 0 aromatic carbocycles. The monoisotopic (exact) mass is 709 g/mol. The fourth-order valence-corrected chi connectivity index (χ4v) is 6.61. The van der Waals surface area contributed by atoms with Crippen LogP contribution in [0, 0.1) is 0 Å². The van der Waals surface area contributed by atoms with Crippen molar-refractivity contribution in [3.8, 4) is 0 Å². The smallest absolute Gasteiger partial charge is 0.186 e.